The minimum atomic E-state index is 0.904. The first-order valence-electron chi connectivity index (χ1n) is 7.72. The Kier molecular flexibility index (Phi) is 11.4. The Morgan fingerprint density at radius 1 is 1.05 bits per heavy atom. The van der Waals surface area contributed by atoms with E-state index in [1.807, 2.05) is 27.7 Å². The van der Waals surface area contributed by atoms with Crippen LogP contribution >= 0.6 is 23.4 Å². The van der Waals surface area contributed by atoms with Crippen LogP contribution in [-0.4, -0.2) is 29.5 Å². The summed E-state index contributed by atoms with van der Waals surface area (Å²) < 4.78 is 0. The molecule has 1 nitrogen and oxygen atoms in total. The molecule has 0 saturated carbocycles. The molecule has 1 fully saturated rings. The molecule has 0 spiro atoms. The average Bonchev–Trinajstić information content (AvgIpc) is 2.50. The van der Waals surface area contributed by atoms with Crippen LogP contribution in [0.2, 0.25) is 5.02 Å². The van der Waals surface area contributed by atoms with Gasteiger partial charge in [0.05, 0.1) is 0 Å². The van der Waals surface area contributed by atoms with Crippen LogP contribution in [-0.2, 0) is 6.54 Å². The van der Waals surface area contributed by atoms with Crippen LogP contribution in [0, 0.1) is 13.8 Å². The fourth-order valence-corrected chi connectivity index (χ4v) is 3.26. The van der Waals surface area contributed by atoms with Gasteiger partial charge in [0.15, 0.2) is 0 Å². The maximum Gasteiger partial charge on any atom is 0.0441 e. The van der Waals surface area contributed by atoms with Crippen LogP contribution in [0.4, 0.5) is 0 Å². The van der Waals surface area contributed by atoms with Crippen LogP contribution in [0.15, 0.2) is 12.1 Å². The van der Waals surface area contributed by atoms with Crippen molar-refractivity contribution >= 4 is 23.4 Å². The van der Waals surface area contributed by atoms with Crippen molar-refractivity contribution in [3.8, 4) is 0 Å². The van der Waals surface area contributed by atoms with Gasteiger partial charge in [0, 0.05) is 36.2 Å². The minimum absolute atomic E-state index is 0.904. The van der Waals surface area contributed by atoms with Crippen LogP contribution in [0.5, 0.6) is 0 Å². The standard InChI is InChI=1S/C13H18ClNS.2C2H6/c1-10-7-12(8-13(14)11(10)2)9-15-3-5-16-6-4-15;2*1-2/h7-8H,3-6,9H2,1-2H3;2*1-2H3. The first-order chi connectivity index (χ1) is 9.66. The van der Waals surface area contributed by atoms with Crippen molar-refractivity contribution in [2.75, 3.05) is 24.6 Å². The Labute approximate surface area is 135 Å². The Bertz CT molecular complexity index is 350. The topological polar surface area (TPSA) is 3.24 Å². The average molecular weight is 316 g/mol. The zero-order chi connectivity index (χ0) is 15.5. The Balaban J connectivity index is 0.000000829. The van der Waals surface area contributed by atoms with E-state index >= 15 is 0 Å². The van der Waals surface area contributed by atoms with Gasteiger partial charge in [-0.25, -0.2) is 0 Å². The van der Waals surface area contributed by atoms with Gasteiger partial charge in [-0.1, -0.05) is 45.4 Å². The maximum absolute atomic E-state index is 6.21. The molecule has 0 amide bonds. The van der Waals surface area contributed by atoms with Crippen molar-refractivity contribution in [1.29, 1.82) is 0 Å². The predicted octanol–water partition coefficient (Wildman–Crippen LogP) is 5.56. The predicted molar refractivity (Wildman–Crippen MR) is 96.2 cm³/mol. The second kappa shape index (κ2) is 11.5. The quantitative estimate of drug-likeness (QED) is 0.703. The summed E-state index contributed by atoms with van der Waals surface area (Å²) in [5, 5.41) is 0.904. The van der Waals surface area contributed by atoms with Crippen molar-refractivity contribution in [3.05, 3.63) is 33.8 Å². The van der Waals surface area contributed by atoms with E-state index in [9.17, 15) is 0 Å². The second-order valence-electron chi connectivity index (χ2n) is 4.41. The van der Waals surface area contributed by atoms with E-state index in [1.54, 1.807) is 0 Å². The van der Waals surface area contributed by atoms with Crippen molar-refractivity contribution in [1.82, 2.24) is 4.90 Å². The summed E-state index contributed by atoms with van der Waals surface area (Å²) in [7, 11) is 0. The molecular weight excluding hydrogens is 286 g/mol. The van der Waals surface area contributed by atoms with Crippen molar-refractivity contribution in [2.24, 2.45) is 0 Å². The molecule has 20 heavy (non-hydrogen) atoms. The highest BCUT2D eigenvalue weighted by molar-refractivity contribution is 7.99. The molecule has 2 rings (SSSR count). The third-order valence-electron chi connectivity index (χ3n) is 3.17. The first-order valence-corrected chi connectivity index (χ1v) is 9.26. The van der Waals surface area contributed by atoms with E-state index in [1.165, 1.54) is 41.3 Å². The van der Waals surface area contributed by atoms with Crippen LogP contribution in [0.1, 0.15) is 44.4 Å². The minimum Gasteiger partial charge on any atom is -0.297 e. The monoisotopic (exact) mass is 315 g/mol. The lowest BCUT2D eigenvalue weighted by Crippen LogP contribution is -2.31. The third-order valence-corrected chi connectivity index (χ3v) is 4.51. The summed E-state index contributed by atoms with van der Waals surface area (Å²) in [6, 6.07) is 4.38. The lowest BCUT2D eigenvalue weighted by Gasteiger charge is -2.26. The van der Waals surface area contributed by atoms with Crippen molar-refractivity contribution in [2.45, 2.75) is 48.1 Å². The van der Waals surface area contributed by atoms with E-state index in [-0.39, 0.29) is 0 Å². The number of benzene rings is 1. The van der Waals surface area contributed by atoms with Gasteiger partial charge in [0.2, 0.25) is 0 Å². The zero-order valence-corrected chi connectivity index (χ0v) is 15.5. The summed E-state index contributed by atoms with van der Waals surface area (Å²) in [6.07, 6.45) is 0. The molecule has 3 heteroatoms. The molecule has 116 valence electrons. The van der Waals surface area contributed by atoms with Gasteiger partial charge < -0.3 is 0 Å². The van der Waals surface area contributed by atoms with Gasteiger partial charge in [-0.2, -0.15) is 11.8 Å². The van der Waals surface area contributed by atoms with E-state index < -0.39 is 0 Å². The number of aryl methyl sites for hydroxylation is 1. The second-order valence-corrected chi connectivity index (χ2v) is 6.04. The molecular formula is C17H30ClNS. The molecule has 0 bridgehead atoms. The molecule has 1 heterocycles. The van der Waals surface area contributed by atoms with Crippen molar-refractivity contribution < 1.29 is 0 Å². The van der Waals surface area contributed by atoms with Crippen LogP contribution in [0.3, 0.4) is 0 Å². The van der Waals surface area contributed by atoms with Gasteiger partial charge in [-0.3, -0.25) is 4.90 Å². The fraction of sp³-hybridized carbons (Fsp3) is 0.647. The van der Waals surface area contributed by atoms with E-state index in [2.05, 4.69) is 42.6 Å². The smallest absolute Gasteiger partial charge is 0.0441 e. The lowest BCUT2D eigenvalue weighted by molar-refractivity contribution is 0.294. The molecule has 0 N–H and O–H groups in total. The molecule has 0 unspecified atom stereocenters. The first kappa shape index (κ1) is 19.8. The highest BCUT2D eigenvalue weighted by Gasteiger charge is 2.11. The summed E-state index contributed by atoms with van der Waals surface area (Å²) >= 11 is 8.26. The number of hydrogen-bond acceptors (Lipinski definition) is 2. The summed E-state index contributed by atoms with van der Waals surface area (Å²) in [4.78, 5) is 2.51. The number of rotatable bonds is 2. The number of thioether (sulfide) groups is 1. The molecule has 0 aromatic heterocycles. The highest BCUT2D eigenvalue weighted by Crippen LogP contribution is 2.22. The van der Waals surface area contributed by atoms with E-state index in [0.717, 1.165) is 11.6 Å². The Morgan fingerprint density at radius 2 is 1.60 bits per heavy atom. The molecule has 1 aliphatic rings. The van der Waals surface area contributed by atoms with E-state index in [4.69, 9.17) is 11.6 Å². The zero-order valence-electron chi connectivity index (χ0n) is 13.9. The molecule has 1 aromatic carbocycles. The largest absolute Gasteiger partial charge is 0.297 e. The van der Waals surface area contributed by atoms with Crippen LogP contribution < -0.4 is 0 Å². The normalized spacial score (nSPS) is 14.8. The SMILES string of the molecule is CC.CC.Cc1cc(CN2CCSCC2)cc(Cl)c1C. The van der Waals surface area contributed by atoms with E-state index in [0.29, 0.717) is 0 Å². The molecule has 0 aliphatic carbocycles. The summed E-state index contributed by atoms with van der Waals surface area (Å²) in [5.74, 6) is 2.52. The number of halogens is 1. The molecule has 1 aromatic rings. The molecule has 0 atom stereocenters. The van der Waals surface area contributed by atoms with Crippen molar-refractivity contribution in [3.63, 3.8) is 0 Å². The Morgan fingerprint density at radius 3 is 2.10 bits per heavy atom. The number of nitrogens with zero attached hydrogens (tertiary/aromatic N) is 1. The molecule has 1 aliphatic heterocycles. The van der Waals surface area contributed by atoms with Gasteiger partial charge in [-0.05, 0) is 36.6 Å². The number of hydrogen-bond donors (Lipinski definition) is 0. The highest BCUT2D eigenvalue weighted by atomic mass is 35.5. The van der Waals surface area contributed by atoms with Gasteiger partial charge in [0.25, 0.3) is 0 Å². The Hall–Kier alpha value is -0.180. The van der Waals surface area contributed by atoms with Gasteiger partial charge >= 0.3 is 0 Å². The summed E-state index contributed by atoms with van der Waals surface area (Å²) in [6.45, 7) is 15.7. The third kappa shape index (κ3) is 6.51. The summed E-state index contributed by atoms with van der Waals surface area (Å²) in [5.41, 5.74) is 3.86. The molecule has 1 saturated heterocycles. The van der Waals surface area contributed by atoms with Gasteiger partial charge in [0.1, 0.15) is 0 Å². The maximum atomic E-state index is 6.21. The van der Waals surface area contributed by atoms with Gasteiger partial charge in [-0.15, -0.1) is 0 Å². The lowest BCUT2D eigenvalue weighted by atomic mass is 10.1. The molecule has 0 radical (unpaired) electrons. The van der Waals surface area contributed by atoms with Crippen LogP contribution in [0.25, 0.3) is 0 Å². The fourth-order valence-electron chi connectivity index (χ4n) is 2.00.